The first-order valence-electron chi connectivity index (χ1n) is 11.6. The van der Waals surface area contributed by atoms with Gasteiger partial charge in [0.05, 0.1) is 12.9 Å². The first-order valence-corrected chi connectivity index (χ1v) is 14.5. The Balaban J connectivity index is 1.52. The average molecular weight is 391 g/mol. The van der Waals surface area contributed by atoms with Crippen molar-refractivity contribution in [2.45, 2.75) is 103 Å². The molecule has 3 heteroatoms. The van der Waals surface area contributed by atoms with E-state index < -0.39 is 8.32 Å². The summed E-state index contributed by atoms with van der Waals surface area (Å²) in [6, 6.07) is 0. The fourth-order valence-electron chi connectivity index (χ4n) is 6.70. The average Bonchev–Trinajstić information content (AvgIpc) is 2.56. The van der Waals surface area contributed by atoms with Crippen molar-refractivity contribution in [2.24, 2.45) is 29.6 Å². The van der Waals surface area contributed by atoms with Gasteiger partial charge in [-0.2, -0.15) is 0 Å². The van der Waals surface area contributed by atoms with Crippen LogP contribution in [0.25, 0.3) is 0 Å². The zero-order valence-electron chi connectivity index (χ0n) is 18.6. The van der Waals surface area contributed by atoms with Gasteiger partial charge in [0.25, 0.3) is 0 Å². The summed E-state index contributed by atoms with van der Waals surface area (Å²) >= 11 is 0. The van der Waals surface area contributed by atoms with Gasteiger partial charge in [-0.3, -0.25) is 0 Å². The molecule has 0 heterocycles. The summed E-state index contributed by atoms with van der Waals surface area (Å²) in [5.74, 6) is 5.75. The van der Waals surface area contributed by atoms with E-state index in [0.717, 1.165) is 23.7 Å². The third-order valence-electron chi connectivity index (χ3n) is 8.79. The molecule has 5 aliphatic rings. The highest BCUT2D eigenvalue weighted by atomic mass is 28.4. The smallest absolute Gasteiger partial charge is 0.192 e. The summed E-state index contributed by atoms with van der Waals surface area (Å²) in [4.78, 5) is 0. The Hall–Kier alpha value is -0.283. The number of allylic oxidation sites excluding steroid dienone is 2. The normalized spacial score (nSPS) is 39.0. The van der Waals surface area contributed by atoms with E-state index in [-0.39, 0.29) is 0 Å². The standard InChI is InChI=1S/C24H42O2Si/c1-24(2,3)27(5,6)26-21-9-7-8-18(15-21)23(25-4)22-19-11-16-10-17(13-19)14-20(22)12-16/h16-21H,7-15H2,1-6H3. The molecule has 2 unspecified atom stereocenters. The molecule has 0 N–H and O–H groups in total. The number of ether oxygens (including phenoxy) is 1. The maximum atomic E-state index is 6.83. The van der Waals surface area contributed by atoms with E-state index in [2.05, 4.69) is 33.9 Å². The van der Waals surface area contributed by atoms with Crippen molar-refractivity contribution in [2.75, 3.05) is 7.11 Å². The minimum absolute atomic E-state index is 0.296. The van der Waals surface area contributed by atoms with Crippen molar-refractivity contribution in [1.29, 1.82) is 0 Å². The van der Waals surface area contributed by atoms with Crippen LogP contribution < -0.4 is 0 Å². The van der Waals surface area contributed by atoms with E-state index in [1.807, 2.05) is 7.11 Å². The van der Waals surface area contributed by atoms with Crippen LogP contribution in [0.15, 0.2) is 11.3 Å². The van der Waals surface area contributed by atoms with E-state index in [4.69, 9.17) is 9.16 Å². The van der Waals surface area contributed by atoms with Crippen LogP contribution in [0.1, 0.15) is 78.6 Å². The van der Waals surface area contributed by atoms with Crippen LogP contribution >= 0.6 is 0 Å². The fraction of sp³-hybridized carbons (Fsp3) is 0.917. The lowest BCUT2D eigenvalue weighted by molar-refractivity contribution is 0.0512. The summed E-state index contributed by atoms with van der Waals surface area (Å²) in [6.45, 7) is 11.9. The predicted molar refractivity (Wildman–Crippen MR) is 115 cm³/mol. The molecule has 0 aliphatic heterocycles. The van der Waals surface area contributed by atoms with Gasteiger partial charge in [0.15, 0.2) is 8.32 Å². The maximum absolute atomic E-state index is 6.83. The largest absolute Gasteiger partial charge is 0.501 e. The molecule has 0 aromatic carbocycles. The second kappa shape index (κ2) is 7.20. The third-order valence-corrected chi connectivity index (χ3v) is 13.3. The molecule has 5 fully saturated rings. The lowest BCUT2D eigenvalue weighted by Crippen LogP contribution is -2.45. The Morgan fingerprint density at radius 1 is 0.889 bits per heavy atom. The molecule has 0 saturated heterocycles. The van der Waals surface area contributed by atoms with Crippen LogP contribution in [0.4, 0.5) is 0 Å². The quantitative estimate of drug-likeness (QED) is 0.383. The van der Waals surface area contributed by atoms with Crippen molar-refractivity contribution in [1.82, 2.24) is 0 Å². The second-order valence-corrected chi connectivity index (χ2v) is 16.4. The molecular weight excluding hydrogens is 348 g/mol. The summed E-state index contributed by atoms with van der Waals surface area (Å²) in [7, 11) is 0.261. The molecule has 154 valence electrons. The molecule has 5 saturated carbocycles. The van der Waals surface area contributed by atoms with Gasteiger partial charge in [0.2, 0.25) is 0 Å². The SMILES string of the molecule is COC(=C1C2CC3CC(C2)CC1C3)C1CCCC(O[Si](C)(C)C(C)(C)C)C1. The summed E-state index contributed by atoms with van der Waals surface area (Å²) in [6.07, 6.45) is 12.8. The van der Waals surface area contributed by atoms with Crippen molar-refractivity contribution < 1.29 is 9.16 Å². The number of hydrogen-bond donors (Lipinski definition) is 0. The Morgan fingerprint density at radius 3 is 2.00 bits per heavy atom. The second-order valence-electron chi connectivity index (χ2n) is 11.7. The Kier molecular flexibility index (Phi) is 5.33. The molecular formula is C24H42O2Si. The van der Waals surface area contributed by atoms with Crippen LogP contribution in [0.3, 0.4) is 0 Å². The van der Waals surface area contributed by atoms with Crippen molar-refractivity contribution in [3.63, 3.8) is 0 Å². The fourth-order valence-corrected chi connectivity index (χ4v) is 8.10. The molecule has 5 aliphatic carbocycles. The molecule has 5 rings (SSSR count). The van der Waals surface area contributed by atoms with Gasteiger partial charge < -0.3 is 9.16 Å². The highest BCUT2D eigenvalue weighted by Gasteiger charge is 2.48. The first-order chi connectivity index (χ1) is 12.7. The molecule has 27 heavy (non-hydrogen) atoms. The monoisotopic (exact) mass is 390 g/mol. The highest BCUT2D eigenvalue weighted by Crippen LogP contribution is 2.58. The summed E-state index contributed by atoms with van der Waals surface area (Å²) in [5, 5.41) is 0.296. The van der Waals surface area contributed by atoms with Crippen LogP contribution in [0.5, 0.6) is 0 Å². The first kappa shape index (κ1) is 20.0. The zero-order valence-corrected chi connectivity index (χ0v) is 19.6. The molecule has 0 aromatic heterocycles. The van der Waals surface area contributed by atoms with Crippen molar-refractivity contribution in [3.05, 3.63) is 11.3 Å². The van der Waals surface area contributed by atoms with E-state index >= 15 is 0 Å². The molecule has 2 atom stereocenters. The van der Waals surface area contributed by atoms with Crippen LogP contribution in [0.2, 0.25) is 18.1 Å². The van der Waals surface area contributed by atoms with E-state index in [9.17, 15) is 0 Å². The molecule has 0 spiro atoms. The van der Waals surface area contributed by atoms with Crippen molar-refractivity contribution >= 4 is 8.32 Å². The van der Waals surface area contributed by atoms with Crippen molar-refractivity contribution in [3.8, 4) is 0 Å². The van der Waals surface area contributed by atoms with Gasteiger partial charge in [0, 0.05) is 12.0 Å². The molecule has 0 amide bonds. The molecule has 0 aromatic rings. The third kappa shape index (κ3) is 3.80. The van der Waals surface area contributed by atoms with Gasteiger partial charge in [0.1, 0.15) is 0 Å². The lowest BCUT2D eigenvalue weighted by atomic mass is 9.53. The van der Waals surface area contributed by atoms with Gasteiger partial charge in [-0.15, -0.1) is 0 Å². The van der Waals surface area contributed by atoms with E-state index in [1.54, 1.807) is 5.57 Å². The summed E-state index contributed by atoms with van der Waals surface area (Å²) in [5.41, 5.74) is 1.77. The summed E-state index contributed by atoms with van der Waals surface area (Å²) < 4.78 is 13.0. The number of rotatable bonds is 4. The minimum Gasteiger partial charge on any atom is -0.501 e. The minimum atomic E-state index is -1.69. The Bertz CT molecular complexity index is 556. The predicted octanol–water partition coefficient (Wildman–Crippen LogP) is 6.92. The van der Waals surface area contributed by atoms with Gasteiger partial charge in [-0.25, -0.2) is 0 Å². The van der Waals surface area contributed by atoms with E-state index in [1.165, 1.54) is 63.5 Å². The van der Waals surface area contributed by atoms with Gasteiger partial charge >= 0.3 is 0 Å². The number of hydrogen-bond acceptors (Lipinski definition) is 2. The topological polar surface area (TPSA) is 18.5 Å². The van der Waals surface area contributed by atoms with E-state index in [0.29, 0.717) is 17.1 Å². The number of methoxy groups -OCH3 is 1. The zero-order chi connectivity index (χ0) is 19.4. The van der Waals surface area contributed by atoms with Gasteiger partial charge in [-0.05, 0) is 98.7 Å². The highest BCUT2D eigenvalue weighted by molar-refractivity contribution is 6.74. The van der Waals surface area contributed by atoms with Crippen LogP contribution in [-0.2, 0) is 9.16 Å². The van der Waals surface area contributed by atoms with Crippen LogP contribution in [-0.4, -0.2) is 21.5 Å². The van der Waals surface area contributed by atoms with Crippen LogP contribution in [0, 0.1) is 29.6 Å². The van der Waals surface area contributed by atoms with Gasteiger partial charge in [-0.1, -0.05) is 27.2 Å². The lowest BCUT2D eigenvalue weighted by Gasteiger charge is -2.52. The Morgan fingerprint density at radius 2 is 1.48 bits per heavy atom. The molecule has 0 radical (unpaired) electrons. The maximum Gasteiger partial charge on any atom is 0.192 e. The Labute approximate surface area is 168 Å². The molecule has 2 nitrogen and oxygen atoms in total. The molecule has 4 bridgehead atoms.